The number of nitrogens with zero attached hydrogens (tertiary/aromatic N) is 1. The number of hydrogen-bond donors (Lipinski definition) is 4. The van der Waals surface area contributed by atoms with Crippen molar-refractivity contribution in [2.24, 2.45) is 5.73 Å². The number of carbonyl (C=O) groups is 2. The number of nitrogens with two attached hydrogens (primary N) is 1. The van der Waals surface area contributed by atoms with Crippen LogP contribution in [-0.2, 0) is 16.0 Å². The third-order valence-electron chi connectivity index (χ3n) is 7.49. The minimum Gasteiger partial charge on any atom is -0.444 e. The predicted molar refractivity (Wildman–Crippen MR) is 155 cm³/mol. The molecule has 1 atom stereocenters. The van der Waals surface area contributed by atoms with Gasteiger partial charge in [-0.3, -0.25) is 10.2 Å². The Kier molecular flexibility index (Phi) is 7.21. The molecule has 1 fully saturated rings. The van der Waals surface area contributed by atoms with Crippen LogP contribution in [0.2, 0.25) is 0 Å². The number of carbonyl (C=O) groups excluding carboxylic acids is 2. The van der Waals surface area contributed by atoms with Crippen molar-refractivity contribution in [3.63, 3.8) is 0 Å². The summed E-state index contributed by atoms with van der Waals surface area (Å²) in [5.74, 6) is -0.0202. The average molecular weight is 528 g/mol. The number of anilines is 2. The summed E-state index contributed by atoms with van der Waals surface area (Å²) in [6, 6.07) is 19.8. The molecule has 0 radical (unpaired) electrons. The number of fused-ring (bicyclic) bond motifs is 2. The zero-order chi connectivity index (χ0) is 27.7. The summed E-state index contributed by atoms with van der Waals surface area (Å²) in [5, 5.41) is 16.4. The summed E-state index contributed by atoms with van der Waals surface area (Å²) < 4.78 is 5.39. The summed E-state index contributed by atoms with van der Waals surface area (Å²) in [7, 11) is 0. The van der Waals surface area contributed by atoms with Gasteiger partial charge in [-0.1, -0.05) is 42.5 Å². The van der Waals surface area contributed by atoms with Gasteiger partial charge in [-0.15, -0.1) is 0 Å². The number of alkyl carbamates (subject to hydrolysis) is 1. The standard InChI is InChI=1S/C31H37N5O3/c1-31(2,3)39-30(38)35-24-13-11-23(12-14-24)34-29(37)27-17-21-8-9-22(28(32)33)18-26(21)36(27)25-15-10-19-6-4-5-7-20(19)16-25/h4-10,15-16,18,23-24,27H,11-14,17H2,1-3H3,(H3,32,33)(H,34,37)(H,35,38). The number of hydrogen-bond acceptors (Lipinski definition) is 5. The van der Waals surface area contributed by atoms with Gasteiger partial charge in [0.1, 0.15) is 17.5 Å². The summed E-state index contributed by atoms with van der Waals surface area (Å²) in [6.07, 6.45) is 3.32. The Morgan fingerprint density at radius 3 is 2.26 bits per heavy atom. The van der Waals surface area contributed by atoms with Crippen LogP contribution in [0.15, 0.2) is 60.7 Å². The van der Waals surface area contributed by atoms with E-state index in [1.54, 1.807) is 0 Å². The Hall–Kier alpha value is -4.07. The van der Waals surface area contributed by atoms with E-state index in [-0.39, 0.29) is 23.8 Å². The fourth-order valence-electron chi connectivity index (χ4n) is 5.60. The van der Waals surface area contributed by atoms with Gasteiger partial charge in [0.25, 0.3) is 0 Å². The lowest BCUT2D eigenvalue weighted by Gasteiger charge is -2.33. The Morgan fingerprint density at radius 1 is 0.923 bits per heavy atom. The number of nitrogens with one attached hydrogen (secondary N) is 3. The lowest BCUT2D eigenvalue weighted by molar-refractivity contribution is -0.123. The molecule has 2 amide bonds. The van der Waals surface area contributed by atoms with E-state index < -0.39 is 17.7 Å². The van der Waals surface area contributed by atoms with Crippen LogP contribution in [0.4, 0.5) is 16.2 Å². The van der Waals surface area contributed by atoms with E-state index in [4.69, 9.17) is 15.9 Å². The Morgan fingerprint density at radius 2 is 1.59 bits per heavy atom. The molecule has 3 aromatic carbocycles. The maximum atomic E-state index is 13.8. The molecule has 0 aromatic heterocycles. The third-order valence-corrected chi connectivity index (χ3v) is 7.49. The van der Waals surface area contributed by atoms with Crippen LogP contribution in [-0.4, -0.2) is 41.6 Å². The van der Waals surface area contributed by atoms with Crippen LogP contribution in [0, 0.1) is 5.41 Å². The summed E-state index contributed by atoms with van der Waals surface area (Å²) in [6.45, 7) is 5.55. The highest BCUT2D eigenvalue weighted by Gasteiger charge is 2.37. The zero-order valence-corrected chi connectivity index (χ0v) is 22.8. The Balaban J connectivity index is 1.32. The topological polar surface area (TPSA) is 121 Å². The maximum absolute atomic E-state index is 13.8. The fraction of sp³-hybridized carbons (Fsp3) is 0.387. The van der Waals surface area contributed by atoms with E-state index in [0.29, 0.717) is 12.0 Å². The van der Waals surface area contributed by atoms with E-state index in [0.717, 1.165) is 53.4 Å². The van der Waals surface area contributed by atoms with Crippen molar-refractivity contribution in [3.05, 3.63) is 71.8 Å². The first-order valence-corrected chi connectivity index (χ1v) is 13.6. The van der Waals surface area contributed by atoms with E-state index in [1.807, 2.05) is 57.2 Å². The molecule has 1 aliphatic heterocycles. The van der Waals surface area contributed by atoms with Crippen molar-refractivity contribution in [2.45, 2.75) is 76.6 Å². The van der Waals surface area contributed by atoms with Crippen molar-refractivity contribution in [1.29, 1.82) is 5.41 Å². The van der Waals surface area contributed by atoms with E-state index in [1.165, 1.54) is 0 Å². The lowest BCUT2D eigenvalue weighted by Crippen LogP contribution is -2.50. The van der Waals surface area contributed by atoms with Crippen molar-refractivity contribution in [1.82, 2.24) is 10.6 Å². The molecule has 8 heteroatoms. The quantitative estimate of drug-likeness (QED) is 0.271. The highest BCUT2D eigenvalue weighted by molar-refractivity contribution is 5.99. The predicted octanol–water partition coefficient (Wildman–Crippen LogP) is 5.14. The van der Waals surface area contributed by atoms with E-state index in [9.17, 15) is 9.59 Å². The molecule has 204 valence electrons. The minimum absolute atomic E-state index is 0.000846. The van der Waals surface area contributed by atoms with Crippen LogP contribution in [0.3, 0.4) is 0 Å². The van der Waals surface area contributed by atoms with Crippen LogP contribution < -0.4 is 21.3 Å². The van der Waals surface area contributed by atoms with Gasteiger partial charge in [0.2, 0.25) is 5.91 Å². The van der Waals surface area contributed by atoms with Crippen LogP contribution in [0.1, 0.15) is 57.6 Å². The first kappa shape index (κ1) is 26.5. The Bertz CT molecular complexity index is 1400. The molecular formula is C31H37N5O3. The molecule has 0 saturated heterocycles. The molecule has 1 unspecified atom stereocenters. The number of amidine groups is 1. The fourth-order valence-corrected chi connectivity index (χ4v) is 5.60. The number of rotatable bonds is 5. The van der Waals surface area contributed by atoms with Crippen LogP contribution in [0.5, 0.6) is 0 Å². The van der Waals surface area contributed by atoms with Gasteiger partial charge < -0.3 is 26.0 Å². The minimum atomic E-state index is -0.532. The number of benzene rings is 3. The zero-order valence-electron chi connectivity index (χ0n) is 22.8. The molecule has 5 rings (SSSR count). The van der Waals surface area contributed by atoms with E-state index in [2.05, 4.69) is 39.8 Å². The van der Waals surface area contributed by atoms with Gasteiger partial charge in [-0.05, 0) is 81.0 Å². The molecule has 5 N–H and O–H groups in total. The van der Waals surface area contributed by atoms with Gasteiger partial charge >= 0.3 is 6.09 Å². The molecule has 2 aliphatic rings. The molecule has 1 heterocycles. The van der Waals surface area contributed by atoms with Crippen molar-refractivity contribution >= 4 is 40.0 Å². The van der Waals surface area contributed by atoms with E-state index >= 15 is 0 Å². The van der Waals surface area contributed by atoms with Gasteiger partial charge in [0.05, 0.1) is 0 Å². The van der Waals surface area contributed by atoms with Gasteiger partial charge in [-0.25, -0.2) is 4.79 Å². The second kappa shape index (κ2) is 10.6. The molecule has 0 spiro atoms. The molecule has 1 saturated carbocycles. The third kappa shape index (κ3) is 6.00. The molecule has 8 nitrogen and oxygen atoms in total. The van der Waals surface area contributed by atoms with Gasteiger partial charge in [-0.2, -0.15) is 0 Å². The highest BCUT2D eigenvalue weighted by atomic mass is 16.6. The lowest BCUT2D eigenvalue weighted by atomic mass is 9.91. The second-order valence-corrected chi connectivity index (χ2v) is 11.6. The molecule has 3 aromatic rings. The molecule has 0 bridgehead atoms. The van der Waals surface area contributed by atoms with Gasteiger partial charge in [0, 0.05) is 35.4 Å². The average Bonchev–Trinajstić information content (AvgIpc) is 3.27. The molecule has 1 aliphatic carbocycles. The number of ether oxygens (including phenoxy) is 1. The van der Waals surface area contributed by atoms with Crippen LogP contribution >= 0.6 is 0 Å². The SMILES string of the molecule is CC(C)(C)OC(=O)NC1CCC(NC(=O)C2Cc3ccc(C(=N)N)cc3N2c2ccc3ccccc3c2)CC1. The van der Waals surface area contributed by atoms with Crippen molar-refractivity contribution in [2.75, 3.05) is 4.90 Å². The second-order valence-electron chi connectivity index (χ2n) is 11.6. The smallest absolute Gasteiger partial charge is 0.407 e. The highest BCUT2D eigenvalue weighted by Crippen LogP contribution is 2.40. The maximum Gasteiger partial charge on any atom is 0.407 e. The van der Waals surface area contributed by atoms with Crippen LogP contribution in [0.25, 0.3) is 10.8 Å². The van der Waals surface area contributed by atoms with Crippen molar-refractivity contribution in [3.8, 4) is 0 Å². The van der Waals surface area contributed by atoms with Gasteiger partial charge in [0.15, 0.2) is 0 Å². The monoisotopic (exact) mass is 527 g/mol. The summed E-state index contributed by atoms with van der Waals surface area (Å²) in [4.78, 5) is 28.0. The first-order chi connectivity index (χ1) is 18.6. The largest absolute Gasteiger partial charge is 0.444 e. The number of amides is 2. The molecular weight excluding hydrogens is 490 g/mol. The summed E-state index contributed by atoms with van der Waals surface area (Å²) >= 11 is 0. The molecule has 39 heavy (non-hydrogen) atoms. The number of nitrogen functional groups attached to an aromatic ring is 1. The summed E-state index contributed by atoms with van der Waals surface area (Å²) in [5.41, 5.74) is 8.80. The normalized spacial score (nSPS) is 20.8. The first-order valence-electron chi connectivity index (χ1n) is 13.6. The van der Waals surface area contributed by atoms with Crippen molar-refractivity contribution < 1.29 is 14.3 Å². The Labute approximate surface area is 229 Å².